The van der Waals surface area contributed by atoms with Crippen LogP contribution in [0.25, 0.3) is 0 Å². The van der Waals surface area contributed by atoms with Crippen molar-refractivity contribution in [2.75, 3.05) is 0 Å². The van der Waals surface area contributed by atoms with E-state index >= 15 is 0 Å². The maximum Gasteiger partial charge on any atom is 0.0484 e. The predicted molar refractivity (Wildman–Crippen MR) is 60.4 cm³/mol. The molecule has 76 valence electrons. The smallest absolute Gasteiger partial charge is 0.0484 e. The topological polar surface area (TPSA) is 26.0 Å². The summed E-state index contributed by atoms with van der Waals surface area (Å²) in [5.41, 5.74) is 9.49. The fraction of sp³-hybridized carbons (Fsp3) is 0.667. The SMILES string of the molecule is Cc1cscc1C1(N)C2CCCCC21. The second-order valence-corrected chi connectivity index (χ2v) is 5.64. The summed E-state index contributed by atoms with van der Waals surface area (Å²) in [5, 5.41) is 4.50. The van der Waals surface area contributed by atoms with E-state index in [4.69, 9.17) is 5.73 Å². The number of rotatable bonds is 1. The summed E-state index contributed by atoms with van der Waals surface area (Å²) in [5.74, 6) is 1.59. The zero-order valence-corrected chi connectivity index (χ0v) is 9.44. The van der Waals surface area contributed by atoms with E-state index in [1.165, 1.54) is 36.8 Å². The lowest BCUT2D eigenvalue weighted by Crippen LogP contribution is -2.24. The van der Waals surface area contributed by atoms with Gasteiger partial charge in [-0.15, -0.1) is 0 Å². The highest BCUT2D eigenvalue weighted by molar-refractivity contribution is 7.08. The Morgan fingerprint density at radius 2 is 1.93 bits per heavy atom. The number of hydrogen-bond donors (Lipinski definition) is 1. The molecule has 1 aromatic heterocycles. The Labute approximate surface area is 89.3 Å². The molecule has 2 saturated carbocycles. The van der Waals surface area contributed by atoms with E-state index in [0.29, 0.717) is 0 Å². The summed E-state index contributed by atoms with van der Waals surface area (Å²) in [6.07, 6.45) is 5.50. The average Bonchev–Trinajstić information content (AvgIpc) is 2.57. The van der Waals surface area contributed by atoms with Crippen molar-refractivity contribution in [3.8, 4) is 0 Å². The molecule has 2 aliphatic carbocycles. The van der Waals surface area contributed by atoms with E-state index in [1.54, 1.807) is 11.3 Å². The van der Waals surface area contributed by atoms with Crippen molar-refractivity contribution < 1.29 is 0 Å². The highest BCUT2D eigenvalue weighted by atomic mass is 32.1. The van der Waals surface area contributed by atoms with Gasteiger partial charge in [-0.1, -0.05) is 12.8 Å². The van der Waals surface area contributed by atoms with Gasteiger partial charge in [-0.25, -0.2) is 0 Å². The monoisotopic (exact) mass is 207 g/mol. The van der Waals surface area contributed by atoms with Gasteiger partial charge in [0.2, 0.25) is 0 Å². The third kappa shape index (κ3) is 0.986. The first kappa shape index (κ1) is 8.93. The van der Waals surface area contributed by atoms with Crippen molar-refractivity contribution in [1.82, 2.24) is 0 Å². The Hall–Kier alpha value is -0.340. The van der Waals surface area contributed by atoms with E-state index in [-0.39, 0.29) is 5.54 Å². The Bertz CT molecular complexity index is 343. The lowest BCUT2D eigenvalue weighted by molar-refractivity contribution is 0.480. The molecular weight excluding hydrogens is 190 g/mol. The van der Waals surface area contributed by atoms with Crippen LogP contribution in [0.1, 0.15) is 36.8 Å². The normalized spacial score (nSPS) is 40.7. The number of thiophene rings is 1. The van der Waals surface area contributed by atoms with Crippen LogP contribution < -0.4 is 5.73 Å². The van der Waals surface area contributed by atoms with E-state index < -0.39 is 0 Å². The van der Waals surface area contributed by atoms with Gasteiger partial charge in [-0.05, 0) is 53.5 Å². The van der Waals surface area contributed by atoms with Gasteiger partial charge >= 0.3 is 0 Å². The number of fused-ring (bicyclic) bond motifs is 1. The van der Waals surface area contributed by atoms with Gasteiger partial charge in [0.15, 0.2) is 0 Å². The van der Waals surface area contributed by atoms with E-state index in [1.807, 2.05) is 0 Å². The van der Waals surface area contributed by atoms with Crippen LogP contribution in [0.15, 0.2) is 10.8 Å². The third-order valence-corrected chi connectivity index (χ3v) is 5.07. The molecule has 0 spiro atoms. The van der Waals surface area contributed by atoms with Gasteiger partial charge in [-0.2, -0.15) is 11.3 Å². The molecule has 0 aromatic carbocycles. The highest BCUT2D eigenvalue weighted by Gasteiger charge is 2.63. The molecule has 2 fully saturated rings. The predicted octanol–water partition coefficient (Wildman–Crippen LogP) is 3.03. The number of nitrogens with two attached hydrogens (primary N) is 1. The average molecular weight is 207 g/mol. The molecule has 2 N–H and O–H groups in total. The minimum absolute atomic E-state index is 0.0700. The van der Waals surface area contributed by atoms with Gasteiger partial charge in [0.05, 0.1) is 0 Å². The first-order valence-electron chi connectivity index (χ1n) is 5.56. The zero-order chi connectivity index (χ0) is 9.76. The summed E-state index contributed by atoms with van der Waals surface area (Å²) in [6.45, 7) is 2.20. The van der Waals surface area contributed by atoms with Crippen LogP contribution in [0, 0.1) is 18.8 Å². The largest absolute Gasteiger partial charge is 0.321 e. The fourth-order valence-corrected chi connectivity index (χ4v) is 4.30. The van der Waals surface area contributed by atoms with E-state index in [9.17, 15) is 0 Å². The molecule has 0 bridgehead atoms. The van der Waals surface area contributed by atoms with Crippen LogP contribution in [0.4, 0.5) is 0 Å². The molecule has 2 aliphatic rings. The molecule has 1 nitrogen and oxygen atoms in total. The molecule has 0 amide bonds. The summed E-state index contributed by atoms with van der Waals surface area (Å²) in [7, 11) is 0. The Kier molecular flexibility index (Phi) is 1.80. The second kappa shape index (κ2) is 2.83. The summed E-state index contributed by atoms with van der Waals surface area (Å²) >= 11 is 1.80. The lowest BCUT2D eigenvalue weighted by atomic mass is 10.0. The Morgan fingerprint density at radius 3 is 2.43 bits per heavy atom. The van der Waals surface area contributed by atoms with Crippen molar-refractivity contribution in [2.45, 2.75) is 38.1 Å². The summed E-state index contributed by atoms with van der Waals surface area (Å²) < 4.78 is 0. The number of hydrogen-bond acceptors (Lipinski definition) is 2. The van der Waals surface area contributed by atoms with Gasteiger partial charge < -0.3 is 5.73 Å². The minimum atomic E-state index is 0.0700. The molecule has 14 heavy (non-hydrogen) atoms. The van der Waals surface area contributed by atoms with Crippen LogP contribution in [0.3, 0.4) is 0 Å². The fourth-order valence-electron chi connectivity index (χ4n) is 3.38. The maximum atomic E-state index is 6.57. The lowest BCUT2D eigenvalue weighted by Gasteiger charge is -2.11. The van der Waals surface area contributed by atoms with Crippen LogP contribution in [0.5, 0.6) is 0 Å². The van der Waals surface area contributed by atoms with Crippen LogP contribution >= 0.6 is 11.3 Å². The quantitative estimate of drug-likeness (QED) is 0.752. The molecule has 2 heteroatoms. The van der Waals surface area contributed by atoms with Gasteiger partial charge in [0, 0.05) is 5.54 Å². The molecule has 3 rings (SSSR count). The van der Waals surface area contributed by atoms with Crippen LogP contribution in [0.2, 0.25) is 0 Å². The molecule has 0 radical (unpaired) electrons. The van der Waals surface area contributed by atoms with E-state index in [2.05, 4.69) is 17.7 Å². The summed E-state index contributed by atoms with van der Waals surface area (Å²) in [4.78, 5) is 0. The third-order valence-electron chi connectivity index (χ3n) is 4.21. The molecule has 0 saturated heterocycles. The first-order chi connectivity index (χ1) is 6.74. The van der Waals surface area contributed by atoms with Crippen molar-refractivity contribution >= 4 is 11.3 Å². The van der Waals surface area contributed by atoms with E-state index in [0.717, 1.165) is 11.8 Å². The Balaban J connectivity index is 1.96. The Morgan fingerprint density at radius 1 is 1.29 bits per heavy atom. The van der Waals surface area contributed by atoms with Crippen molar-refractivity contribution in [2.24, 2.45) is 17.6 Å². The first-order valence-corrected chi connectivity index (χ1v) is 6.51. The van der Waals surface area contributed by atoms with Crippen molar-refractivity contribution in [3.63, 3.8) is 0 Å². The van der Waals surface area contributed by atoms with Crippen LogP contribution in [-0.2, 0) is 5.54 Å². The molecule has 1 aromatic rings. The molecule has 1 heterocycles. The molecular formula is C12H17NS. The molecule has 0 aliphatic heterocycles. The second-order valence-electron chi connectivity index (χ2n) is 4.90. The standard InChI is InChI=1S/C12H17NS/c1-8-6-14-7-11(8)12(13)9-4-2-3-5-10(9)12/h6-7,9-10H,2-5,13H2,1H3. The van der Waals surface area contributed by atoms with Gasteiger partial charge in [0.25, 0.3) is 0 Å². The van der Waals surface area contributed by atoms with Crippen molar-refractivity contribution in [1.29, 1.82) is 0 Å². The van der Waals surface area contributed by atoms with Crippen LogP contribution in [-0.4, -0.2) is 0 Å². The van der Waals surface area contributed by atoms with Gasteiger partial charge in [-0.3, -0.25) is 0 Å². The zero-order valence-electron chi connectivity index (χ0n) is 8.62. The molecule has 2 atom stereocenters. The van der Waals surface area contributed by atoms with Gasteiger partial charge in [0.1, 0.15) is 0 Å². The maximum absolute atomic E-state index is 6.57. The number of aryl methyl sites for hydroxylation is 1. The van der Waals surface area contributed by atoms with Crippen molar-refractivity contribution in [3.05, 3.63) is 21.9 Å². The molecule has 2 unspecified atom stereocenters. The summed E-state index contributed by atoms with van der Waals surface area (Å²) in [6, 6.07) is 0. The highest BCUT2D eigenvalue weighted by Crippen LogP contribution is 2.63. The minimum Gasteiger partial charge on any atom is -0.321 e.